The van der Waals surface area contributed by atoms with E-state index in [0.717, 1.165) is 16.8 Å². The van der Waals surface area contributed by atoms with Gasteiger partial charge in [-0.05, 0) is 36.8 Å². The lowest BCUT2D eigenvalue weighted by molar-refractivity contribution is 0.0637. The second-order valence-electron chi connectivity index (χ2n) is 9.55. The average Bonchev–Trinajstić information content (AvgIpc) is 3.18. The number of imidazole rings is 1. The maximum atomic E-state index is 13.8. The number of benzene rings is 1. The number of anilines is 1. The normalized spacial score (nSPS) is 23.7. The molecule has 0 unspecified atom stereocenters. The second-order valence-corrected chi connectivity index (χ2v) is 11.9. The largest absolute Gasteiger partial charge is 0.369 e. The monoisotopic (exact) mass is 476 g/mol. The molecule has 0 amide bonds. The molecule has 0 bridgehead atoms. The maximum absolute atomic E-state index is 13.8. The Morgan fingerprint density at radius 3 is 2.42 bits per heavy atom. The highest BCUT2D eigenvalue weighted by Crippen LogP contribution is 2.61. The molecular formula is C23H26F2N4O3S. The van der Waals surface area contributed by atoms with Crippen molar-refractivity contribution in [2.24, 2.45) is 12.5 Å². The lowest BCUT2D eigenvalue weighted by Gasteiger charge is -2.29. The first-order valence-corrected chi connectivity index (χ1v) is 12.7. The summed E-state index contributed by atoms with van der Waals surface area (Å²) in [6.45, 7) is 4.30. The number of nitrogens with zero attached hydrogens (tertiary/aromatic N) is 4. The summed E-state index contributed by atoms with van der Waals surface area (Å²) in [6.07, 6.45) is -0.224. The van der Waals surface area contributed by atoms with Crippen LogP contribution in [0.1, 0.15) is 18.9 Å². The topological polar surface area (TPSA) is 77.2 Å². The van der Waals surface area contributed by atoms with Gasteiger partial charge in [-0.1, -0.05) is 13.0 Å². The maximum Gasteiger partial charge on any atom is 0.330 e. The van der Waals surface area contributed by atoms with Crippen molar-refractivity contribution in [3.05, 3.63) is 46.4 Å². The number of hydrogen-bond donors (Lipinski definition) is 0. The smallest absolute Gasteiger partial charge is 0.330 e. The standard InChI is InChI=1S/C23H26F2N4O3S/c1-15-4-5-16(28-8-10-33(31,32)11-9-28)12-17(15)18-6-7-19-20(26-18)27(3)21(30)29(19)14-22(2)13-23(22,24)25/h4-7,12H,8-11,13-14H2,1-3H3/t22-/m1/s1. The summed E-state index contributed by atoms with van der Waals surface area (Å²) < 4.78 is 53.9. The minimum Gasteiger partial charge on any atom is -0.369 e. The number of rotatable bonds is 4. The summed E-state index contributed by atoms with van der Waals surface area (Å²) in [5, 5.41) is 0. The molecule has 1 atom stereocenters. The number of sulfone groups is 1. The molecule has 3 heterocycles. The minimum atomic E-state index is -2.98. The van der Waals surface area contributed by atoms with E-state index in [1.807, 2.05) is 30.0 Å². The van der Waals surface area contributed by atoms with Crippen LogP contribution in [0.3, 0.4) is 0 Å². The van der Waals surface area contributed by atoms with Gasteiger partial charge in [0, 0.05) is 44.4 Å². The predicted molar refractivity (Wildman–Crippen MR) is 124 cm³/mol. The fourth-order valence-electron chi connectivity index (χ4n) is 4.60. The number of hydrogen-bond acceptors (Lipinski definition) is 5. The van der Waals surface area contributed by atoms with E-state index >= 15 is 0 Å². The highest BCUT2D eigenvalue weighted by Gasteiger charge is 2.68. The van der Waals surface area contributed by atoms with E-state index in [1.54, 1.807) is 19.2 Å². The van der Waals surface area contributed by atoms with Crippen molar-refractivity contribution in [3.63, 3.8) is 0 Å². The van der Waals surface area contributed by atoms with Crippen molar-refractivity contribution in [2.75, 3.05) is 29.5 Å². The lowest BCUT2D eigenvalue weighted by Crippen LogP contribution is -2.40. The van der Waals surface area contributed by atoms with Crippen molar-refractivity contribution in [1.29, 1.82) is 0 Å². The Kier molecular flexibility index (Phi) is 4.76. The molecule has 0 spiro atoms. The van der Waals surface area contributed by atoms with E-state index in [-0.39, 0.29) is 30.2 Å². The first kappa shape index (κ1) is 22.1. The van der Waals surface area contributed by atoms with Gasteiger partial charge in [-0.25, -0.2) is 27.0 Å². The Labute approximate surface area is 190 Å². The Morgan fingerprint density at radius 2 is 1.79 bits per heavy atom. The Bertz CT molecular complexity index is 1430. The van der Waals surface area contributed by atoms with Crippen LogP contribution >= 0.6 is 0 Å². The van der Waals surface area contributed by atoms with E-state index in [4.69, 9.17) is 4.98 Å². The Hall–Kier alpha value is -2.75. The van der Waals surface area contributed by atoms with Gasteiger partial charge >= 0.3 is 5.69 Å². The van der Waals surface area contributed by atoms with Crippen LogP contribution < -0.4 is 10.6 Å². The van der Waals surface area contributed by atoms with Gasteiger partial charge in [-0.3, -0.25) is 9.13 Å². The molecule has 1 saturated carbocycles. The highest BCUT2D eigenvalue weighted by atomic mass is 32.2. The van der Waals surface area contributed by atoms with Crippen LogP contribution in [0.15, 0.2) is 35.1 Å². The van der Waals surface area contributed by atoms with E-state index in [9.17, 15) is 22.0 Å². The molecule has 1 aliphatic heterocycles. The first-order valence-electron chi connectivity index (χ1n) is 10.9. The third kappa shape index (κ3) is 3.64. The molecule has 0 radical (unpaired) electrons. The number of pyridine rings is 1. The number of aromatic nitrogens is 3. The molecule has 2 aliphatic rings. The summed E-state index contributed by atoms with van der Waals surface area (Å²) >= 11 is 0. The molecule has 3 aromatic rings. The van der Waals surface area contributed by atoms with Crippen LogP contribution in [-0.4, -0.2) is 53.1 Å². The van der Waals surface area contributed by atoms with Gasteiger partial charge in [-0.2, -0.15) is 0 Å². The predicted octanol–water partition coefficient (Wildman–Crippen LogP) is 2.99. The highest BCUT2D eigenvalue weighted by molar-refractivity contribution is 7.91. The fourth-order valence-corrected chi connectivity index (χ4v) is 5.80. The zero-order chi connectivity index (χ0) is 23.8. The molecule has 2 aromatic heterocycles. The lowest BCUT2D eigenvalue weighted by atomic mass is 10.0. The molecule has 1 aromatic carbocycles. The molecular weight excluding hydrogens is 450 g/mol. The average molecular weight is 477 g/mol. The zero-order valence-electron chi connectivity index (χ0n) is 18.8. The number of alkyl halides is 2. The summed E-state index contributed by atoms with van der Waals surface area (Å²) in [5.74, 6) is -2.49. The van der Waals surface area contributed by atoms with Gasteiger partial charge in [0.1, 0.15) is 0 Å². The van der Waals surface area contributed by atoms with Crippen molar-refractivity contribution in [3.8, 4) is 11.3 Å². The first-order chi connectivity index (χ1) is 15.4. The van der Waals surface area contributed by atoms with E-state index in [0.29, 0.717) is 29.9 Å². The van der Waals surface area contributed by atoms with Gasteiger partial charge in [0.2, 0.25) is 0 Å². The van der Waals surface area contributed by atoms with E-state index < -0.39 is 21.2 Å². The van der Waals surface area contributed by atoms with Crippen molar-refractivity contribution >= 4 is 26.7 Å². The molecule has 1 saturated heterocycles. The minimum absolute atomic E-state index is 0.0520. The third-order valence-corrected chi connectivity index (χ3v) is 8.67. The Balaban J connectivity index is 1.52. The Morgan fingerprint density at radius 1 is 1.12 bits per heavy atom. The molecule has 10 heteroatoms. The van der Waals surface area contributed by atoms with Crippen molar-refractivity contribution < 1.29 is 17.2 Å². The van der Waals surface area contributed by atoms with Gasteiger partial charge in [0.15, 0.2) is 15.5 Å². The fraction of sp³-hybridized carbons (Fsp3) is 0.478. The summed E-state index contributed by atoms with van der Waals surface area (Å²) in [4.78, 5) is 19.6. The van der Waals surface area contributed by atoms with Crippen molar-refractivity contribution in [2.45, 2.75) is 32.7 Å². The van der Waals surface area contributed by atoms with E-state index in [2.05, 4.69) is 0 Å². The third-order valence-electron chi connectivity index (χ3n) is 7.06. The number of halogens is 2. The molecule has 5 rings (SSSR count). The second kappa shape index (κ2) is 7.12. The van der Waals surface area contributed by atoms with Gasteiger partial charge < -0.3 is 4.90 Å². The summed E-state index contributed by atoms with van der Waals surface area (Å²) in [6, 6.07) is 9.50. The van der Waals surface area contributed by atoms with Gasteiger partial charge in [0.05, 0.1) is 28.1 Å². The molecule has 7 nitrogen and oxygen atoms in total. The molecule has 2 fully saturated rings. The molecule has 0 N–H and O–H groups in total. The van der Waals surface area contributed by atoms with Crippen LogP contribution in [0.4, 0.5) is 14.5 Å². The quantitative estimate of drug-likeness (QED) is 0.579. The summed E-state index contributed by atoms with van der Waals surface area (Å²) in [5.41, 5.74) is 2.86. The van der Waals surface area contributed by atoms with Crippen LogP contribution in [-0.2, 0) is 23.4 Å². The SMILES string of the molecule is Cc1ccc(N2CCS(=O)(=O)CC2)cc1-c1ccc2c(n1)n(C)c(=O)n2C[C@@]1(C)CC1(F)F. The van der Waals surface area contributed by atoms with Crippen LogP contribution in [0.25, 0.3) is 22.4 Å². The molecule has 176 valence electrons. The van der Waals surface area contributed by atoms with E-state index in [1.165, 1.54) is 16.1 Å². The van der Waals surface area contributed by atoms with Gasteiger partial charge in [0.25, 0.3) is 5.92 Å². The zero-order valence-corrected chi connectivity index (χ0v) is 19.6. The van der Waals surface area contributed by atoms with Crippen LogP contribution in [0.2, 0.25) is 0 Å². The van der Waals surface area contributed by atoms with Gasteiger partial charge in [-0.15, -0.1) is 0 Å². The van der Waals surface area contributed by atoms with Crippen LogP contribution in [0.5, 0.6) is 0 Å². The molecule has 33 heavy (non-hydrogen) atoms. The van der Waals surface area contributed by atoms with Crippen LogP contribution in [0, 0.1) is 12.3 Å². The summed E-state index contributed by atoms with van der Waals surface area (Å²) in [7, 11) is -1.38. The van der Waals surface area contributed by atoms with Crippen molar-refractivity contribution in [1.82, 2.24) is 14.1 Å². The molecule has 1 aliphatic carbocycles. The number of fused-ring (bicyclic) bond motifs is 1. The number of aryl methyl sites for hydroxylation is 2.